The lowest BCUT2D eigenvalue weighted by atomic mass is 9.88. The first-order chi connectivity index (χ1) is 14.4. The molecule has 6 nitrogen and oxygen atoms in total. The second-order valence-electron chi connectivity index (χ2n) is 7.70. The van der Waals surface area contributed by atoms with Gasteiger partial charge in [-0.3, -0.25) is 9.59 Å². The van der Waals surface area contributed by atoms with Gasteiger partial charge in [0.15, 0.2) is 0 Å². The fraction of sp³-hybridized carbons (Fsp3) is 0.409. The summed E-state index contributed by atoms with van der Waals surface area (Å²) < 4.78 is 5.29. The molecule has 2 atom stereocenters. The van der Waals surface area contributed by atoms with Crippen LogP contribution in [0.3, 0.4) is 0 Å². The van der Waals surface area contributed by atoms with Crippen LogP contribution in [0.1, 0.15) is 47.5 Å². The zero-order valence-electron chi connectivity index (χ0n) is 17.0. The number of imide groups is 1. The maximum Gasteiger partial charge on any atom is 0.341 e. The molecule has 8 heteroatoms. The Labute approximate surface area is 183 Å². The third-order valence-corrected chi connectivity index (χ3v) is 7.88. The number of nitrogen functional groups attached to an aromatic ring is 1. The second-order valence-corrected chi connectivity index (χ2v) is 10.1. The summed E-state index contributed by atoms with van der Waals surface area (Å²) in [5.41, 5.74) is 7.73. The average Bonchev–Trinajstić information content (AvgIpc) is 3.19. The molecule has 1 aromatic heterocycles. The molecule has 0 saturated carbocycles. The summed E-state index contributed by atoms with van der Waals surface area (Å²) in [5.74, 6) is -0.489. The third-order valence-electron chi connectivity index (χ3n) is 5.44. The van der Waals surface area contributed by atoms with Crippen LogP contribution in [0.25, 0.3) is 0 Å². The molecule has 2 aliphatic rings. The van der Waals surface area contributed by atoms with Crippen molar-refractivity contribution in [3.8, 4) is 0 Å². The van der Waals surface area contributed by atoms with Crippen LogP contribution in [0, 0.1) is 5.92 Å². The van der Waals surface area contributed by atoms with Gasteiger partial charge in [-0.2, -0.15) is 0 Å². The summed E-state index contributed by atoms with van der Waals surface area (Å²) in [4.78, 5) is 42.0. The molecule has 4 rings (SSSR count). The predicted molar refractivity (Wildman–Crippen MR) is 119 cm³/mol. The maximum atomic E-state index is 13.2. The van der Waals surface area contributed by atoms with Crippen molar-refractivity contribution in [3.63, 3.8) is 0 Å². The first kappa shape index (κ1) is 20.9. The van der Waals surface area contributed by atoms with Gasteiger partial charge in [0.1, 0.15) is 5.00 Å². The Morgan fingerprint density at radius 3 is 2.70 bits per heavy atom. The monoisotopic (exact) mass is 444 g/mol. The summed E-state index contributed by atoms with van der Waals surface area (Å²) >= 11 is 2.74. The molecule has 1 fully saturated rings. The molecule has 158 valence electrons. The Bertz CT molecular complexity index is 999. The van der Waals surface area contributed by atoms with Crippen molar-refractivity contribution in [2.75, 3.05) is 17.2 Å². The molecule has 2 amide bonds. The summed E-state index contributed by atoms with van der Waals surface area (Å²) in [7, 11) is 0. The Morgan fingerprint density at radius 2 is 2.00 bits per heavy atom. The number of thiophene rings is 1. The van der Waals surface area contributed by atoms with Crippen LogP contribution >= 0.6 is 23.1 Å². The molecule has 1 saturated heterocycles. The van der Waals surface area contributed by atoms with Crippen LogP contribution < -0.4 is 10.6 Å². The number of esters is 1. The van der Waals surface area contributed by atoms with Crippen molar-refractivity contribution in [1.29, 1.82) is 0 Å². The normalized spacial score (nSPS) is 21.1. The summed E-state index contributed by atoms with van der Waals surface area (Å²) in [6.07, 6.45) is 2.70. The maximum absolute atomic E-state index is 13.2. The number of anilines is 2. The SMILES string of the molecule is CCOC(=O)c1c(N2C(=O)C[C@H](Sc3ccc(N)cc3)C2=O)sc2c1CC[C@@H](C)C2. The van der Waals surface area contributed by atoms with Crippen molar-refractivity contribution in [1.82, 2.24) is 0 Å². The molecular formula is C22H24N2O4S2. The molecule has 0 spiro atoms. The minimum absolute atomic E-state index is 0.106. The first-order valence-corrected chi connectivity index (χ1v) is 11.8. The number of thioether (sulfide) groups is 1. The number of carbonyl (C=O) groups is 3. The van der Waals surface area contributed by atoms with E-state index in [1.807, 2.05) is 12.1 Å². The Balaban J connectivity index is 1.67. The molecule has 2 heterocycles. The number of nitrogens with two attached hydrogens (primary N) is 1. The number of hydrogen-bond donors (Lipinski definition) is 1. The van der Waals surface area contributed by atoms with E-state index in [-0.39, 0.29) is 24.8 Å². The second kappa shape index (κ2) is 8.43. The zero-order chi connectivity index (χ0) is 21.4. The van der Waals surface area contributed by atoms with Crippen molar-refractivity contribution >= 4 is 51.6 Å². The van der Waals surface area contributed by atoms with Crippen molar-refractivity contribution in [2.24, 2.45) is 5.92 Å². The van der Waals surface area contributed by atoms with Crippen molar-refractivity contribution in [3.05, 3.63) is 40.3 Å². The van der Waals surface area contributed by atoms with Gasteiger partial charge >= 0.3 is 5.97 Å². The number of benzene rings is 1. The van der Waals surface area contributed by atoms with Crippen LogP contribution in [0.4, 0.5) is 10.7 Å². The van der Waals surface area contributed by atoms with E-state index in [0.29, 0.717) is 22.2 Å². The van der Waals surface area contributed by atoms with E-state index < -0.39 is 11.2 Å². The van der Waals surface area contributed by atoms with Gasteiger partial charge in [-0.05, 0) is 61.9 Å². The highest BCUT2D eigenvalue weighted by molar-refractivity contribution is 8.00. The van der Waals surface area contributed by atoms with E-state index in [4.69, 9.17) is 10.5 Å². The van der Waals surface area contributed by atoms with Gasteiger partial charge in [-0.1, -0.05) is 6.92 Å². The molecule has 0 bridgehead atoms. The molecule has 2 N–H and O–H groups in total. The lowest BCUT2D eigenvalue weighted by Crippen LogP contribution is -2.32. The van der Waals surface area contributed by atoms with Crippen LogP contribution in [-0.2, 0) is 27.2 Å². The zero-order valence-corrected chi connectivity index (χ0v) is 18.6. The minimum Gasteiger partial charge on any atom is -0.462 e. The number of hydrogen-bond acceptors (Lipinski definition) is 7. The predicted octanol–water partition coefficient (Wildman–Crippen LogP) is 4.06. The van der Waals surface area contributed by atoms with E-state index in [2.05, 4.69) is 6.92 Å². The first-order valence-electron chi connectivity index (χ1n) is 10.1. The Morgan fingerprint density at radius 1 is 1.27 bits per heavy atom. The summed E-state index contributed by atoms with van der Waals surface area (Å²) in [6.45, 7) is 4.18. The van der Waals surface area contributed by atoms with Gasteiger partial charge in [-0.15, -0.1) is 23.1 Å². The molecule has 2 aromatic rings. The number of nitrogens with zero attached hydrogens (tertiary/aromatic N) is 1. The fourth-order valence-corrected chi connectivity index (χ4v) is 6.50. The van der Waals surface area contributed by atoms with Gasteiger partial charge in [0.25, 0.3) is 0 Å². The summed E-state index contributed by atoms with van der Waals surface area (Å²) in [6, 6.07) is 7.23. The number of ether oxygens (including phenoxy) is 1. The van der Waals surface area contributed by atoms with Crippen LogP contribution in [0.2, 0.25) is 0 Å². The van der Waals surface area contributed by atoms with Crippen molar-refractivity contribution < 1.29 is 19.1 Å². The molecule has 0 unspecified atom stereocenters. The van der Waals surface area contributed by atoms with Gasteiger partial charge in [0.05, 0.1) is 17.4 Å². The molecular weight excluding hydrogens is 420 g/mol. The van der Waals surface area contributed by atoms with Crippen LogP contribution in [0.5, 0.6) is 0 Å². The average molecular weight is 445 g/mol. The van der Waals surface area contributed by atoms with Gasteiger partial charge in [-0.25, -0.2) is 9.69 Å². The van der Waals surface area contributed by atoms with Crippen LogP contribution in [0.15, 0.2) is 29.2 Å². The topological polar surface area (TPSA) is 89.7 Å². The van der Waals surface area contributed by atoms with E-state index in [1.54, 1.807) is 19.1 Å². The Hall–Kier alpha value is -2.32. The van der Waals surface area contributed by atoms with E-state index in [0.717, 1.165) is 34.6 Å². The highest BCUT2D eigenvalue weighted by Gasteiger charge is 2.44. The lowest BCUT2D eigenvalue weighted by Gasteiger charge is -2.18. The number of fused-ring (bicyclic) bond motifs is 1. The van der Waals surface area contributed by atoms with Gasteiger partial charge in [0.2, 0.25) is 11.8 Å². The number of carbonyl (C=O) groups excluding carboxylic acids is 3. The largest absolute Gasteiger partial charge is 0.462 e. The van der Waals surface area contributed by atoms with Crippen molar-refractivity contribution in [2.45, 2.75) is 49.7 Å². The van der Waals surface area contributed by atoms with E-state index in [9.17, 15) is 14.4 Å². The molecule has 30 heavy (non-hydrogen) atoms. The van der Waals surface area contributed by atoms with Gasteiger partial charge in [0, 0.05) is 21.9 Å². The molecule has 1 aromatic carbocycles. The molecule has 1 aliphatic heterocycles. The number of rotatable bonds is 5. The smallest absolute Gasteiger partial charge is 0.341 e. The number of amides is 2. The lowest BCUT2D eigenvalue weighted by molar-refractivity contribution is -0.121. The third kappa shape index (κ3) is 3.86. The quantitative estimate of drug-likeness (QED) is 0.425. The summed E-state index contributed by atoms with van der Waals surface area (Å²) in [5, 5.41) is -0.0859. The fourth-order valence-electron chi connectivity index (χ4n) is 3.93. The van der Waals surface area contributed by atoms with Gasteiger partial charge < -0.3 is 10.5 Å². The standard InChI is InChI=1S/C22H24N2O4S2/c1-3-28-22(27)19-15-9-4-12(2)10-16(15)30-21(19)24-18(25)11-17(20(24)26)29-14-7-5-13(23)6-8-14/h5-8,12,17H,3-4,9-11,23H2,1-2H3/t12-,17+/m1/s1. The Kier molecular flexibility index (Phi) is 5.88. The van der Waals surface area contributed by atoms with E-state index in [1.165, 1.54) is 28.0 Å². The van der Waals surface area contributed by atoms with Crippen LogP contribution in [-0.4, -0.2) is 29.6 Å². The molecule has 1 aliphatic carbocycles. The molecule has 0 radical (unpaired) electrons. The highest BCUT2D eigenvalue weighted by Crippen LogP contribution is 2.44. The highest BCUT2D eigenvalue weighted by atomic mass is 32.2. The minimum atomic E-state index is -0.519. The van der Waals surface area contributed by atoms with E-state index >= 15 is 0 Å².